The van der Waals surface area contributed by atoms with Crippen molar-refractivity contribution >= 4 is 21.9 Å². The van der Waals surface area contributed by atoms with Crippen molar-refractivity contribution in [1.29, 1.82) is 0 Å². The summed E-state index contributed by atoms with van der Waals surface area (Å²) < 4.78 is 18.8. The van der Waals surface area contributed by atoms with E-state index in [1.165, 1.54) is 24.3 Å². The van der Waals surface area contributed by atoms with Gasteiger partial charge in [-0.2, -0.15) is 0 Å². The summed E-state index contributed by atoms with van der Waals surface area (Å²) in [7, 11) is 0. The molecule has 18 heavy (non-hydrogen) atoms. The number of halogens is 2. The minimum Gasteiger partial charge on any atom is -0.457 e. The third kappa shape index (κ3) is 3.40. The van der Waals surface area contributed by atoms with Gasteiger partial charge in [-0.3, -0.25) is 0 Å². The third-order valence-corrected chi connectivity index (χ3v) is 2.89. The zero-order valence-corrected chi connectivity index (χ0v) is 11.0. The molecular formula is C14H10BrFO2. The third-order valence-electron chi connectivity index (χ3n) is 2.36. The summed E-state index contributed by atoms with van der Waals surface area (Å²) in [4.78, 5) is 11.6. The fraction of sp³-hybridized carbons (Fsp3) is 0.0714. The van der Waals surface area contributed by atoms with E-state index < -0.39 is 5.97 Å². The van der Waals surface area contributed by atoms with Crippen LogP contribution in [0.2, 0.25) is 0 Å². The lowest BCUT2D eigenvalue weighted by Crippen LogP contribution is -2.05. The summed E-state index contributed by atoms with van der Waals surface area (Å²) in [6.45, 7) is 0.198. The molecule has 0 radical (unpaired) electrons. The average molecular weight is 309 g/mol. The standard InChI is InChI=1S/C14H10BrFO2/c15-12-5-1-10(2-6-12)9-18-14(17)11-3-7-13(16)8-4-11/h1-8H,9H2. The predicted molar refractivity (Wildman–Crippen MR) is 69.7 cm³/mol. The molecule has 0 N–H and O–H groups in total. The van der Waals surface area contributed by atoms with E-state index in [0.717, 1.165) is 10.0 Å². The molecule has 92 valence electrons. The van der Waals surface area contributed by atoms with Crippen molar-refractivity contribution in [3.63, 3.8) is 0 Å². The summed E-state index contributed by atoms with van der Waals surface area (Å²) in [5, 5.41) is 0. The van der Waals surface area contributed by atoms with E-state index in [0.29, 0.717) is 5.56 Å². The number of benzene rings is 2. The Kier molecular flexibility index (Phi) is 4.10. The molecular weight excluding hydrogens is 299 g/mol. The van der Waals surface area contributed by atoms with Gasteiger partial charge < -0.3 is 4.74 Å². The highest BCUT2D eigenvalue weighted by molar-refractivity contribution is 9.10. The van der Waals surface area contributed by atoms with Gasteiger partial charge in [-0.05, 0) is 42.0 Å². The van der Waals surface area contributed by atoms with Crippen LogP contribution in [0.4, 0.5) is 4.39 Å². The highest BCUT2D eigenvalue weighted by Crippen LogP contribution is 2.12. The van der Waals surface area contributed by atoms with Crippen molar-refractivity contribution in [2.75, 3.05) is 0 Å². The molecule has 2 nitrogen and oxygen atoms in total. The van der Waals surface area contributed by atoms with Crippen molar-refractivity contribution in [2.45, 2.75) is 6.61 Å². The van der Waals surface area contributed by atoms with Crippen molar-refractivity contribution in [2.24, 2.45) is 0 Å². The summed E-state index contributed by atoms with van der Waals surface area (Å²) in [5.74, 6) is -0.836. The van der Waals surface area contributed by atoms with E-state index >= 15 is 0 Å². The highest BCUT2D eigenvalue weighted by Gasteiger charge is 2.07. The molecule has 0 unspecified atom stereocenters. The summed E-state index contributed by atoms with van der Waals surface area (Å²) in [5.41, 5.74) is 1.24. The Bertz CT molecular complexity index is 535. The van der Waals surface area contributed by atoms with E-state index in [1.807, 2.05) is 24.3 Å². The van der Waals surface area contributed by atoms with Gasteiger partial charge in [0.15, 0.2) is 0 Å². The Balaban J connectivity index is 1.96. The van der Waals surface area contributed by atoms with Crippen LogP contribution in [0.1, 0.15) is 15.9 Å². The first-order chi connectivity index (χ1) is 8.65. The molecule has 2 aromatic rings. The fourth-order valence-corrected chi connectivity index (χ4v) is 1.66. The second-order valence-corrected chi connectivity index (χ2v) is 4.63. The van der Waals surface area contributed by atoms with Crippen LogP contribution in [0, 0.1) is 5.82 Å². The van der Waals surface area contributed by atoms with Crippen LogP contribution in [0.3, 0.4) is 0 Å². The molecule has 2 rings (SSSR count). The number of carbonyl (C=O) groups excluding carboxylic acids is 1. The zero-order chi connectivity index (χ0) is 13.0. The van der Waals surface area contributed by atoms with E-state index in [2.05, 4.69) is 15.9 Å². The molecule has 0 heterocycles. The molecule has 0 amide bonds. The number of hydrogen-bond acceptors (Lipinski definition) is 2. The lowest BCUT2D eigenvalue weighted by Gasteiger charge is -2.05. The normalized spacial score (nSPS) is 10.1. The van der Waals surface area contributed by atoms with Gasteiger partial charge in [0.2, 0.25) is 0 Å². The van der Waals surface area contributed by atoms with Gasteiger partial charge >= 0.3 is 5.97 Å². The predicted octanol–water partition coefficient (Wildman–Crippen LogP) is 3.95. The van der Waals surface area contributed by atoms with Crippen molar-refractivity contribution in [3.05, 3.63) is 69.9 Å². The minimum absolute atomic E-state index is 0.198. The summed E-state index contributed by atoms with van der Waals surface area (Å²) in [6.07, 6.45) is 0. The first kappa shape index (κ1) is 12.8. The quantitative estimate of drug-likeness (QED) is 0.803. The van der Waals surface area contributed by atoms with Crippen LogP contribution in [0.5, 0.6) is 0 Å². The van der Waals surface area contributed by atoms with Crippen LogP contribution < -0.4 is 0 Å². The van der Waals surface area contributed by atoms with Crippen LogP contribution in [0.25, 0.3) is 0 Å². The Hall–Kier alpha value is -1.68. The lowest BCUT2D eigenvalue weighted by atomic mass is 10.2. The lowest BCUT2D eigenvalue weighted by molar-refractivity contribution is 0.0472. The summed E-state index contributed by atoms with van der Waals surface area (Å²) >= 11 is 3.33. The van der Waals surface area contributed by atoms with Crippen LogP contribution in [-0.4, -0.2) is 5.97 Å². The molecule has 0 fully saturated rings. The Morgan fingerprint density at radius 2 is 1.67 bits per heavy atom. The van der Waals surface area contributed by atoms with Gasteiger partial charge in [-0.25, -0.2) is 9.18 Å². The topological polar surface area (TPSA) is 26.3 Å². The molecule has 0 aliphatic heterocycles. The van der Waals surface area contributed by atoms with Crippen LogP contribution in [-0.2, 0) is 11.3 Å². The molecule has 0 aliphatic carbocycles. The molecule has 0 atom stereocenters. The fourth-order valence-electron chi connectivity index (χ4n) is 1.40. The van der Waals surface area contributed by atoms with Crippen molar-refractivity contribution < 1.29 is 13.9 Å². The monoisotopic (exact) mass is 308 g/mol. The second-order valence-electron chi connectivity index (χ2n) is 3.71. The number of esters is 1. The number of carbonyl (C=O) groups is 1. The maximum Gasteiger partial charge on any atom is 0.338 e. The highest BCUT2D eigenvalue weighted by atomic mass is 79.9. The maximum atomic E-state index is 12.7. The van der Waals surface area contributed by atoms with Gasteiger partial charge in [0, 0.05) is 4.47 Å². The first-order valence-electron chi connectivity index (χ1n) is 5.32. The maximum absolute atomic E-state index is 12.7. The largest absolute Gasteiger partial charge is 0.457 e. The Morgan fingerprint density at radius 3 is 2.28 bits per heavy atom. The Morgan fingerprint density at radius 1 is 1.06 bits per heavy atom. The zero-order valence-electron chi connectivity index (χ0n) is 9.40. The van der Waals surface area contributed by atoms with Gasteiger partial charge in [-0.15, -0.1) is 0 Å². The molecule has 4 heteroatoms. The smallest absolute Gasteiger partial charge is 0.338 e. The number of hydrogen-bond donors (Lipinski definition) is 0. The van der Waals surface area contributed by atoms with E-state index in [-0.39, 0.29) is 12.4 Å². The van der Waals surface area contributed by atoms with Gasteiger partial charge in [0.25, 0.3) is 0 Å². The van der Waals surface area contributed by atoms with E-state index in [9.17, 15) is 9.18 Å². The molecule has 0 bridgehead atoms. The number of ether oxygens (including phenoxy) is 1. The second kappa shape index (κ2) is 5.78. The molecule has 0 spiro atoms. The van der Waals surface area contributed by atoms with Crippen molar-refractivity contribution in [3.8, 4) is 0 Å². The molecule has 0 saturated heterocycles. The average Bonchev–Trinajstić information content (AvgIpc) is 2.38. The van der Waals surface area contributed by atoms with Gasteiger partial charge in [-0.1, -0.05) is 28.1 Å². The minimum atomic E-state index is -0.460. The molecule has 0 aromatic heterocycles. The van der Waals surface area contributed by atoms with Crippen molar-refractivity contribution in [1.82, 2.24) is 0 Å². The molecule has 2 aromatic carbocycles. The van der Waals surface area contributed by atoms with Crippen LogP contribution in [0.15, 0.2) is 53.0 Å². The summed E-state index contributed by atoms with van der Waals surface area (Å²) in [6, 6.07) is 12.7. The van der Waals surface area contributed by atoms with Gasteiger partial charge in [0.05, 0.1) is 5.56 Å². The number of rotatable bonds is 3. The Labute approximate surface area is 113 Å². The van der Waals surface area contributed by atoms with Gasteiger partial charge in [0.1, 0.15) is 12.4 Å². The SMILES string of the molecule is O=C(OCc1ccc(Br)cc1)c1ccc(F)cc1. The first-order valence-corrected chi connectivity index (χ1v) is 6.11. The molecule has 0 aliphatic rings. The van der Waals surface area contributed by atoms with E-state index in [1.54, 1.807) is 0 Å². The van der Waals surface area contributed by atoms with E-state index in [4.69, 9.17) is 4.74 Å². The van der Waals surface area contributed by atoms with Crippen LogP contribution >= 0.6 is 15.9 Å². The molecule has 0 saturated carbocycles.